The van der Waals surface area contributed by atoms with E-state index in [0.717, 1.165) is 10.0 Å². The van der Waals surface area contributed by atoms with Crippen molar-refractivity contribution in [3.8, 4) is 5.75 Å². The van der Waals surface area contributed by atoms with Gasteiger partial charge in [0.2, 0.25) is 0 Å². The summed E-state index contributed by atoms with van der Waals surface area (Å²) >= 11 is 3.30. The maximum absolute atomic E-state index is 8.99. The summed E-state index contributed by atoms with van der Waals surface area (Å²) in [5.41, 5.74) is 0.917. The molecule has 0 aliphatic heterocycles. The van der Waals surface area contributed by atoms with E-state index in [1.165, 1.54) is 0 Å². The van der Waals surface area contributed by atoms with E-state index in [1.54, 1.807) is 18.2 Å². The molecule has 0 fully saturated rings. The SMILES string of the molecule is [B]Cc1cc(O)ccc1Br. The lowest BCUT2D eigenvalue weighted by molar-refractivity contribution is 0.474. The first kappa shape index (κ1) is 7.67. The number of hydrogen-bond acceptors (Lipinski definition) is 1. The molecule has 10 heavy (non-hydrogen) atoms. The van der Waals surface area contributed by atoms with Crippen molar-refractivity contribution in [1.82, 2.24) is 0 Å². The van der Waals surface area contributed by atoms with Gasteiger partial charge in [-0.15, -0.1) is 0 Å². The minimum absolute atomic E-state index is 0.253. The van der Waals surface area contributed by atoms with E-state index >= 15 is 0 Å². The Hall–Kier alpha value is -0.435. The molecule has 3 heteroatoms. The van der Waals surface area contributed by atoms with Crippen molar-refractivity contribution in [2.75, 3.05) is 0 Å². The van der Waals surface area contributed by atoms with E-state index in [1.807, 2.05) is 0 Å². The summed E-state index contributed by atoms with van der Waals surface area (Å²) in [4.78, 5) is 0. The van der Waals surface area contributed by atoms with Crippen molar-refractivity contribution in [3.63, 3.8) is 0 Å². The Morgan fingerprint density at radius 2 is 2.20 bits per heavy atom. The summed E-state index contributed by atoms with van der Waals surface area (Å²) in [6.07, 6.45) is 0.439. The molecule has 0 amide bonds. The molecule has 1 N–H and O–H groups in total. The van der Waals surface area contributed by atoms with Crippen molar-refractivity contribution in [2.24, 2.45) is 0 Å². The zero-order chi connectivity index (χ0) is 7.56. The smallest absolute Gasteiger partial charge is 0.115 e. The Morgan fingerprint density at radius 3 is 2.70 bits per heavy atom. The van der Waals surface area contributed by atoms with Gasteiger partial charge in [-0.25, -0.2) is 0 Å². The van der Waals surface area contributed by atoms with E-state index in [-0.39, 0.29) is 5.75 Å². The van der Waals surface area contributed by atoms with Crippen LogP contribution in [0.1, 0.15) is 5.56 Å². The Bertz CT molecular complexity index is 237. The molecule has 1 aromatic rings. The van der Waals surface area contributed by atoms with Crippen LogP contribution in [0.5, 0.6) is 5.75 Å². The Balaban J connectivity index is 3.09. The molecule has 2 radical (unpaired) electrons. The second kappa shape index (κ2) is 3.10. The van der Waals surface area contributed by atoms with Crippen LogP contribution < -0.4 is 0 Å². The molecule has 0 bridgehead atoms. The highest BCUT2D eigenvalue weighted by atomic mass is 79.9. The van der Waals surface area contributed by atoms with Crippen molar-refractivity contribution < 1.29 is 5.11 Å². The van der Waals surface area contributed by atoms with Gasteiger partial charge in [0.1, 0.15) is 5.75 Å². The van der Waals surface area contributed by atoms with Crippen molar-refractivity contribution >= 4 is 23.8 Å². The highest BCUT2D eigenvalue weighted by Gasteiger charge is 1.96. The third-order valence-electron chi connectivity index (χ3n) is 1.25. The zero-order valence-electron chi connectivity index (χ0n) is 5.34. The lowest BCUT2D eigenvalue weighted by Crippen LogP contribution is -1.84. The van der Waals surface area contributed by atoms with Gasteiger partial charge in [-0.3, -0.25) is 0 Å². The van der Waals surface area contributed by atoms with E-state index in [2.05, 4.69) is 15.9 Å². The van der Waals surface area contributed by atoms with Gasteiger partial charge < -0.3 is 5.11 Å². The van der Waals surface area contributed by atoms with Crippen molar-refractivity contribution in [1.29, 1.82) is 0 Å². The van der Waals surface area contributed by atoms with Crippen LogP contribution in [0.3, 0.4) is 0 Å². The topological polar surface area (TPSA) is 20.2 Å². The Labute approximate surface area is 69.6 Å². The first-order valence-corrected chi connectivity index (χ1v) is 3.71. The predicted octanol–water partition coefficient (Wildman–Crippen LogP) is 1.82. The third-order valence-corrected chi connectivity index (χ3v) is 2.02. The number of phenolic OH excluding ortho intramolecular Hbond substituents is 1. The molecule has 0 unspecified atom stereocenters. The van der Waals surface area contributed by atoms with Gasteiger partial charge in [0.25, 0.3) is 0 Å². The van der Waals surface area contributed by atoms with Crippen LogP contribution in [0.2, 0.25) is 0 Å². The number of hydrogen-bond donors (Lipinski definition) is 1. The Morgan fingerprint density at radius 1 is 1.50 bits per heavy atom. The average Bonchev–Trinajstić information content (AvgIpc) is 1.94. The molecular formula is C7H6BBrO. The van der Waals surface area contributed by atoms with Crippen LogP contribution in [0.4, 0.5) is 0 Å². The van der Waals surface area contributed by atoms with Gasteiger partial charge in [-0.2, -0.15) is 0 Å². The van der Waals surface area contributed by atoms with E-state index < -0.39 is 0 Å². The molecule has 0 aliphatic carbocycles. The third kappa shape index (κ3) is 1.54. The lowest BCUT2D eigenvalue weighted by Gasteiger charge is -2.00. The van der Waals surface area contributed by atoms with Crippen molar-refractivity contribution in [3.05, 3.63) is 28.2 Å². The zero-order valence-corrected chi connectivity index (χ0v) is 6.93. The minimum atomic E-state index is 0.253. The van der Waals surface area contributed by atoms with Gasteiger partial charge in [-0.1, -0.05) is 22.3 Å². The van der Waals surface area contributed by atoms with Gasteiger partial charge in [0.05, 0.1) is 7.85 Å². The summed E-state index contributed by atoms with van der Waals surface area (Å²) in [6, 6.07) is 5.03. The minimum Gasteiger partial charge on any atom is -0.508 e. The van der Waals surface area contributed by atoms with Crippen LogP contribution in [-0.4, -0.2) is 13.0 Å². The molecule has 0 spiro atoms. The van der Waals surface area contributed by atoms with E-state index in [0.29, 0.717) is 6.32 Å². The maximum Gasteiger partial charge on any atom is 0.115 e. The number of benzene rings is 1. The molecule has 50 valence electrons. The predicted molar refractivity (Wildman–Crippen MR) is 45.3 cm³/mol. The molecule has 0 aliphatic rings. The molecule has 0 heterocycles. The fraction of sp³-hybridized carbons (Fsp3) is 0.143. The standard InChI is InChI=1S/C7H6BBrO/c8-4-5-3-6(10)1-2-7(5)9/h1-3,10H,4H2. The van der Waals surface area contributed by atoms with Crippen LogP contribution in [0, 0.1) is 0 Å². The van der Waals surface area contributed by atoms with Crippen molar-refractivity contribution in [2.45, 2.75) is 6.32 Å². The van der Waals surface area contributed by atoms with Crippen LogP contribution in [0.15, 0.2) is 22.7 Å². The number of aromatic hydroxyl groups is 1. The van der Waals surface area contributed by atoms with Crippen LogP contribution in [-0.2, 0) is 6.32 Å². The molecule has 0 saturated carbocycles. The number of halogens is 1. The highest BCUT2D eigenvalue weighted by molar-refractivity contribution is 9.10. The second-order valence-electron chi connectivity index (χ2n) is 1.98. The maximum atomic E-state index is 8.99. The molecule has 0 saturated heterocycles. The summed E-state index contributed by atoms with van der Waals surface area (Å²) in [5, 5.41) is 8.99. The monoisotopic (exact) mass is 196 g/mol. The normalized spacial score (nSPS) is 9.70. The fourth-order valence-corrected chi connectivity index (χ4v) is 1.13. The van der Waals surface area contributed by atoms with E-state index in [4.69, 9.17) is 13.0 Å². The number of rotatable bonds is 1. The average molecular weight is 197 g/mol. The first-order chi connectivity index (χ1) is 4.74. The Kier molecular flexibility index (Phi) is 2.38. The molecule has 0 aromatic heterocycles. The largest absolute Gasteiger partial charge is 0.508 e. The van der Waals surface area contributed by atoms with Crippen LogP contribution >= 0.6 is 15.9 Å². The van der Waals surface area contributed by atoms with Gasteiger partial charge >= 0.3 is 0 Å². The lowest BCUT2D eigenvalue weighted by atomic mass is 9.97. The second-order valence-corrected chi connectivity index (χ2v) is 2.83. The molecular weight excluding hydrogens is 191 g/mol. The molecule has 1 rings (SSSR count). The van der Waals surface area contributed by atoms with Gasteiger partial charge in [-0.05, 0) is 23.8 Å². The van der Waals surface area contributed by atoms with E-state index in [9.17, 15) is 0 Å². The number of phenols is 1. The quantitative estimate of drug-likeness (QED) is 0.680. The highest BCUT2D eigenvalue weighted by Crippen LogP contribution is 2.20. The summed E-state index contributed by atoms with van der Waals surface area (Å²) in [5.74, 6) is 0.253. The summed E-state index contributed by atoms with van der Waals surface area (Å²) < 4.78 is 0.938. The molecule has 0 atom stereocenters. The molecule has 1 aromatic carbocycles. The first-order valence-electron chi connectivity index (χ1n) is 2.91. The van der Waals surface area contributed by atoms with Crippen LogP contribution in [0.25, 0.3) is 0 Å². The van der Waals surface area contributed by atoms with Gasteiger partial charge in [0, 0.05) is 4.47 Å². The molecule has 1 nitrogen and oxygen atoms in total. The summed E-state index contributed by atoms with van der Waals surface area (Å²) in [7, 11) is 5.38. The fourth-order valence-electron chi connectivity index (χ4n) is 0.718. The van der Waals surface area contributed by atoms with Gasteiger partial charge in [0.15, 0.2) is 0 Å². The summed E-state index contributed by atoms with van der Waals surface area (Å²) in [6.45, 7) is 0.